The van der Waals surface area contributed by atoms with E-state index in [1.807, 2.05) is 34.9 Å². The molecule has 0 aliphatic heterocycles. The van der Waals surface area contributed by atoms with E-state index in [2.05, 4.69) is 36.1 Å². The van der Waals surface area contributed by atoms with Gasteiger partial charge in [-0.15, -0.1) is 5.10 Å². The maximum absolute atomic E-state index is 13.3. The van der Waals surface area contributed by atoms with Crippen molar-refractivity contribution in [3.05, 3.63) is 52.8 Å². The number of methoxy groups -OCH3 is 1. The van der Waals surface area contributed by atoms with E-state index in [9.17, 15) is 4.79 Å². The van der Waals surface area contributed by atoms with Crippen molar-refractivity contribution in [1.82, 2.24) is 28.9 Å². The molecular formula is C19H22N6O2. The van der Waals surface area contributed by atoms with Gasteiger partial charge in [0, 0.05) is 19.1 Å². The van der Waals surface area contributed by atoms with E-state index in [-0.39, 0.29) is 11.0 Å². The van der Waals surface area contributed by atoms with Crippen LogP contribution in [0.15, 0.2) is 41.6 Å². The van der Waals surface area contributed by atoms with Crippen molar-refractivity contribution in [2.75, 3.05) is 13.7 Å². The second kappa shape index (κ2) is 6.31. The molecule has 0 amide bonds. The van der Waals surface area contributed by atoms with E-state index in [1.165, 1.54) is 0 Å². The number of fused-ring (bicyclic) bond motifs is 3. The molecule has 3 aromatic heterocycles. The first-order valence-electron chi connectivity index (χ1n) is 8.82. The number of ether oxygens (including phenoxy) is 1. The molecule has 0 bridgehead atoms. The topological polar surface area (TPSA) is 79.2 Å². The van der Waals surface area contributed by atoms with Crippen LogP contribution in [-0.2, 0) is 16.7 Å². The normalized spacial score (nSPS) is 12.3. The van der Waals surface area contributed by atoms with Crippen LogP contribution in [-0.4, -0.2) is 42.7 Å². The Kier molecular flexibility index (Phi) is 4.07. The van der Waals surface area contributed by atoms with Gasteiger partial charge in [-0.05, 0) is 12.1 Å². The van der Waals surface area contributed by atoms with Crippen LogP contribution >= 0.6 is 0 Å². The largest absolute Gasteiger partial charge is 0.383 e. The summed E-state index contributed by atoms with van der Waals surface area (Å²) in [5, 5.41) is 8.46. The molecule has 0 unspecified atom stereocenters. The van der Waals surface area contributed by atoms with E-state index in [0.717, 1.165) is 16.7 Å². The van der Waals surface area contributed by atoms with E-state index in [1.54, 1.807) is 22.7 Å². The number of imidazole rings is 1. The summed E-state index contributed by atoms with van der Waals surface area (Å²) in [4.78, 5) is 17.8. The van der Waals surface area contributed by atoms with Gasteiger partial charge in [0.25, 0.3) is 5.56 Å². The van der Waals surface area contributed by atoms with Gasteiger partial charge >= 0.3 is 0 Å². The smallest absolute Gasteiger partial charge is 0.279 e. The Labute approximate surface area is 156 Å². The summed E-state index contributed by atoms with van der Waals surface area (Å²) in [7, 11) is 1.62. The Hall–Kier alpha value is -3.00. The average Bonchev–Trinajstić information content (AvgIpc) is 3.28. The molecule has 3 heterocycles. The number of aromatic nitrogens is 6. The molecule has 4 aromatic rings. The van der Waals surface area contributed by atoms with E-state index < -0.39 is 0 Å². The van der Waals surface area contributed by atoms with Crippen LogP contribution in [0.25, 0.3) is 22.4 Å². The minimum Gasteiger partial charge on any atom is -0.383 e. The summed E-state index contributed by atoms with van der Waals surface area (Å²) in [6.07, 6.45) is 3.49. The van der Waals surface area contributed by atoms with Gasteiger partial charge in [-0.25, -0.2) is 4.98 Å². The van der Waals surface area contributed by atoms with Gasteiger partial charge in [0.1, 0.15) is 6.33 Å². The number of rotatable bonds is 4. The monoisotopic (exact) mass is 366 g/mol. The molecule has 0 aliphatic rings. The van der Waals surface area contributed by atoms with Gasteiger partial charge in [0.2, 0.25) is 0 Å². The standard InChI is InChI=1S/C19H22N6O2/c1-19(2,3)15-11-25(22-21-15)17-16-18(26)23(9-10-27-4)13-7-5-6-8-14(13)24(16)12-20-17/h5-8,11-12H,9-10H2,1-4H3. The highest BCUT2D eigenvalue weighted by Crippen LogP contribution is 2.22. The van der Waals surface area contributed by atoms with Gasteiger partial charge in [-0.1, -0.05) is 38.1 Å². The Balaban J connectivity index is 2.00. The third-order valence-corrected chi connectivity index (χ3v) is 4.63. The predicted molar refractivity (Wildman–Crippen MR) is 102 cm³/mol. The summed E-state index contributed by atoms with van der Waals surface area (Å²) in [6.45, 7) is 7.11. The SMILES string of the molecule is COCCn1c(=O)c2c(-n3cc(C(C)(C)C)nn3)ncn2c2ccccc21. The molecule has 140 valence electrons. The van der Waals surface area contributed by atoms with Gasteiger partial charge in [-0.3, -0.25) is 9.20 Å². The van der Waals surface area contributed by atoms with Gasteiger partial charge in [0.05, 0.1) is 29.5 Å². The molecule has 0 fully saturated rings. The first-order valence-corrected chi connectivity index (χ1v) is 8.82. The van der Waals surface area contributed by atoms with E-state index in [4.69, 9.17) is 4.74 Å². The molecule has 1 aromatic carbocycles. The Morgan fingerprint density at radius 2 is 1.89 bits per heavy atom. The molecule has 0 spiro atoms. The quantitative estimate of drug-likeness (QED) is 0.553. The third-order valence-electron chi connectivity index (χ3n) is 4.63. The average molecular weight is 366 g/mol. The van der Waals surface area contributed by atoms with Gasteiger partial charge < -0.3 is 9.30 Å². The summed E-state index contributed by atoms with van der Waals surface area (Å²) in [5.74, 6) is 0.472. The first-order chi connectivity index (χ1) is 12.9. The lowest BCUT2D eigenvalue weighted by molar-refractivity contribution is 0.187. The molecule has 0 aliphatic carbocycles. The summed E-state index contributed by atoms with van der Waals surface area (Å²) >= 11 is 0. The minimum absolute atomic E-state index is 0.133. The number of hydrogen-bond acceptors (Lipinski definition) is 5. The number of hydrogen-bond donors (Lipinski definition) is 0. The fourth-order valence-corrected chi connectivity index (χ4v) is 3.14. The molecule has 0 N–H and O–H groups in total. The molecule has 0 radical (unpaired) electrons. The van der Waals surface area contributed by atoms with Crippen LogP contribution in [0, 0.1) is 0 Å². The van der Waals surface area contributed by atoms with Crippen LogP contribution in [0.5, 0.6) is 0 Å². The Morgan fingerprint density at radius 1 is 1.15 bits per heavy atom. The first kappa shape index (κ1) is 17.4. The molecule has 0 atom stereocenters. The minimum atomic E-state index is -0.140. The van der Waals surface area contributed by atoms with Crippen molar-refractivity contribution < 1.29 is 4.74 Å². The highest BCUT2D eigenvalue weighted by Gasteiger charge is 2.21. The zero-order chi connectivity index (χ0) is 19.2. The second-order valence-electron chi connectivity index (χ2n) is 7.52. The summed E-state index contributed by atoms with van der Waals surface area (Å²) in [5.41, 5.74) is 2.77. The molecule has 8 heteroatoms. The predicted octanol–water partition coefficient (Wildman–Crippen LogP) is 2.17. The maximum atomic E-state index is 13.3. The lowest BCUT2D eigenvalue weighted by Gasteiger charge is -2.13. The second-order valence-corrected chi connectivity index (χ2v) is 7.52. The van der Waals surface area contributed by atoms with Crippen molar-refractivity contribution in [3.63, 3.8) is 0 Å². The molecule has 27 heavy (non-hydrogen) atoms. The molecule has 0 saturated carbocycles. The molecule has 4 rings (SSSR count). The fourth-order valence-electron chi connectivity index (χ4n) is 3.14. The lowest BCUT2D eigenvalue weighted by atomic mass is 9.93. The van der Waals surface area contributed by atoms with Gasteiger partial charge in [0.15, 0.2) is 11.3 Å². The highest BCUT2D eigenvalue weighted by atomic mass is 16.5. The zero-order valence-corrected chi connectivity index (χ0v) is 15.9. The number of benzene rings is 1. The maximum Gasteiger partial charge on any atom is 0.279 e. The number of nitrogens with zero attached hydrogens (tertiary/aromatic N) is 6. The van der Waals surface area contributed by atoms with Crippen molar-refractivity contribution >= 4 is 16.6 Å². The zero-order valence-electron chi connectivity index (χ0n) is 15.9. The highest BCUT2D eigenvalue weighted by molar-refractivity contribution is 5.80. The molecule has 8 nitrogen and oxygen atoms in total. The van der Waals surface area contributed by atoms with Gasteiger partial charge in [-0.2, -0.15) is 4.68 Å². The molecular weight excluding hydrogens is 344 g/mol. The van der Waals surface area contributed by atoms with Crippen molar-refractivity contribution in [2.24, 2.45) is 0 Å². The number of para-hydroxylation sites is 2. The third kappa shape index (κ3) is 2.82. The summed E-state index contributed by atoms with van der Waals surface area (Å²) < 4.78 is 10.3. The van der Waals surface area contributed by atoms with Crippen molar-refractivity contribution in [1.29, 1.82) is 0 Å². The van der Waals surface area contributed by atoms with Crippen molar-refractivity contribution in [3.8, 4) is 5.82 Å². The van der Waals surface area contributed by atoms with E-state index >= 15 is 0 Å². The fraction of sp³-hybridized carbons (Fsp3) is 0.368. The van der Waals surface area contributed by atoms with Crippen LogP contribution in [0.1, 0.15) is 26.5 Å². The Bertz CT molecular complexity index is 1180. The van der Waals surface area contributed by atoms with E-state index in [0.29, 0.717) is 24.5 Å². The van der Waals surface area contributed by atoms with Crippen molar-refractivity contribution in [2.45, 2.75) is 32.7 Å². The molecule has 0 saturated heterocycles. The lowest BCUT2D eigenvalue weighted by Crippen LogP contribution is -2.25. The van der Waals surface area contributed by atoms with Crippen LogP contribution in [0.2, 0.25) is 0 Å². The summed E-state index contributed by atoms with van der Waals surface area (Å²) in [6, 6.07) is 7.76. The Morgan fingerprint density at radius 3 is 2.56 bits per heavy atom. The van der Waals surface area contributed by atoms with Crippen LogP contribution < -0.4 is 5.56 Å². The van der Waals surface area contributed by atoms with Crippen LogP contribution in [0.4, 0.5) is 0 Å². The van der Waals surface area contributed by atoms with Crippen LogP contribution in [0.3, 0.4) is 0 Å².